The van der Waals surface area contributed by atoms with Crippen molar-refractivity contribution in [3.8, 4) is 6.07 Å². The van der Waals surface area contributed by atoms with Crippen molar-refractivity contribution in [3.05, 3.63) is 47.4 Å². The van der Waals surface area contributed by atoms with E-state index < -0.39 is 5.91 Å². The first-order valence-corrected chi connectivity index (χ1v) is 7.61. The molecule has 5 nitrogen and oxygen atoms in total. The van der Waals surface area contributed by atoms with Crippen LogP contribution in [-0.4, -0.2) is 32.2 Å². The van der Waals surface area contributed by atoms with Crippen LogP contribution in [0.5, 0.6) is 0 Å². The molecule has 0 aliphatic heterocycles. The summed E-state index contributed by atoms with van der Waals surface area (Å²) in [4.78, 5) is 11.8. The number of nitrogens with zero attached hydrogens (tertiary/aromatic N) is 1. The van der Waals surface area contributed by atoms with Crippen molar-refractivity contribution in [3.63, 3.8) is 0 Å². The van der Waals surface area contributed by atoms with E-state index >= 15 is 0 Å². The van der Waals surface area contributed by atoms with Crippen LogP contribution in [0.2, 0.25) is 0 Å². The number of benzene rings is 1. The first kappa shape index (κ1) is 18.7. The Labute approximate surface area is 136 Å². The predicted octanol–water partition coefficient (Wildman–Crippen LogP) is 1.91. The SMILES string of the molecule is CCOCCCNC(=O)/C(C#N)=C\NCCc1ccc(F)cc1. The zero-order valence-electron chi connectivity index (χ0n) is 13.3. The van der Waals surface area contributed by atoms with Crippen molar-refractivity contribution in [1.82, 2.24) is 10.6 Å². The van der Waals surface area contributed by atoms with Crippen molar-refractivity contribution < 1.29 is 13.9 Å². The lowest BCUT2D eigenvalue weighted by molar-refractivity contribution is -0.117. The molecule has 0 saturated carbocycles. The number of carbonyl (C=O) groups is 1. The van der Waals surface area contributed by atoms with E-state index in [1.54, 1.807) is 12.1 Å². The number of ether oxygens (including phenoxy) is 1. The lowest BCUT2D eigenvalue weighted by Crippen LogP contribution is -2.27. The Balaban J connectivity index is 2.30. The fraction of sp³-hybridized carbons (Fsp3) is 0.412. The molecule has 1 aromatic carbocycles. The second-order valence-corrected chi connectivity index (χ2v) is 4.81. The van der Waals surface area contributed by atoms with Crippen LogP contribution in [0.4, 0.5) is 4.39 Å². The molecular weight excluding hydrogens is 297 g/mol. The maximum Gasteiger partial charge on any atom is 0.263 e. The van der Waals surface area contributed by atoms with Crippen LogP contribution in [0.1, 0.15) is 18.9 Å². The Bertz CT molecular complexity index is 550. The molecule has 1 amide bonds. The molecule has 0 aliphatic carbocycles. The maximum absolute atomic E-state index is 12.8. The number of hydrogen-bond donors (Lipinski definition) is 2. The van der Waals surface area contributed by atoms with Crippen molar-refractivity contribution in [1.29, 1.82) is 5.26 Å². The van der Waals surface area contributed by atoms with Crippen LogP contribution >= 0.6 is 0 Å². The first-order valence-electron chi connectivity index (χ1n) is 7.61. The van der Waals surface area contributed by atoms with E-state index in [9.17, 15) is 9.18 Å². The quantitative estimate of drug-likeness (QED) is 0.392. The third-order valence-corrected chi connectivity index (χ3v) is 3.04. The summed E-state index contributed by atoms with van der Waals surface area (Å²) >= 11 is 0. The van der Waals surface area contributed by atoms with Gasteiger partial charge in [-0.1, -0.05) is 12.1 Å². The summed E-state index contributed by atoms with van der Waals surface area (Å²) in [6, 6.07) is 8.09. The summed E-state index contributed by atoms with van der Waals surface area (Å²) in [5, 5.41) is 14.6. The molecule has 0 aromatic heterocycles. The Morgan fingerprint density at radius 1 is 1.35 bits per heavy atom. The van der Waals surface area contributed by atoms with Gasteiger partial charge in [-0.25, -0.2) is 4.39 Å². The van der Waals surface area contributed by atoms with Gasteiger partial charge in [0.2, 0.25) is 0 Å². The van der Waals surface area contributed by atoms with Gasteiger partial charge in [-0.3, -0.25) is 4.79 Å². The monoisotopic (exact) mass is 319 g/mol. The average Bonchev–Trinajstić information content (AvgIpc) is 2.56. The van der Waals surface area contributed by atoms with Crippen molar-refractivity contribution in [2.45, 2.75) is 19.8 Å². The van der Waals surface area contributed by atoms with E-state index in [2.05, 4.69) is 10.6 Å². The molecule has 0 aliphatic rings. The number of hydrogen-bond acceptors (Lipinski definition) is 4. The van der Waals surface area contributed by atoms with E-state index in [4.69, 9.17) is 10.00 Å². The molecule has 6 heteroatoms. The zero-order valence-corrected chi connectivity index (χ0v) is 13.3. The van der Waals surface area contributed by atoms with Gasteiger partial charge in [0.05, 0.1) is 0 Å². The standard InChI is InChI=1S/C17H22FN3O2/c1-2-23-11-3-9-21-17(22)15(12-19)13-20-10-8-14-4-6-16(18)7-5-14/h4-7,13,20H,2-3,8-11H2,1H3,(H,21,22)/b15-13-. The molecule has 2 N–H and O–H groups in total. The Hall–Kier alpha value is -2.39. The number of amides is 1. The van der Waals surface area contributed by atoms with Gasteiger partial charge >= 0.3 is 0 Å². The minimum Gasteiger partial charge on any atom is -0.389 e. The molecule has 1 rings (SSSR count). The molecule has 0 unspecified atom stereocenters. The fourth-order valence-corrected chi connectivity index (χ4v) is 1.81. The van der Waals surface area contributed by atoms with Gasteiger partial charge in [0.1, 0.15) is 17.5 Å². The van der Waals surface area contributed by atoms with E-state index in [1.165, 1.54) is 18.3 Å². The van der Waals surface area contributed by atoms with Crippen LogP contribution < -0.4 is 10.6 Å². The van der Waals surface area contributed by atoms with Crippen LogP contribution in [0.3, 0.4) is 0 Å². The highest BCUT2D eigenvalue weighted by molar-refractivity contribution is 5.97. The van der Waals surface area contributed by atoms with Gasteiger partial charge in [-0.15, -0.1) is 0 Å². The van der Waals surface area contributed by atoms with Gasteiger partial charge < -0.3 is 15.4 Å². The van der Waals surface area contributed by atoms with Gasteiger partial charge in [0, 0.05) is 32.5 Å². The molecule has 0 atom stereocenters. The number of carbonyl (C=O) groups excluding carboxylic acids is 1. The highest BCUT2D eigenvalue weighted by Crippen LogP contribution is 2.02. The molecule has 124 valence electrons. The summed E-state index contributed by atoms with van der Waals surface area (Å²) in [6.07, 6.45) is 2.78. The summed E-state index contributed by atoms with van der Waals surface area (Å²) in [5.74, 6) is -0.673. The van der Waals surface area contributed by atoms with E-state index in [-0.39, 0.29) is 11.4 Å². The topological polar surface area (TPSA) is 74.1 Å². The van der Waals surface area contributed by atoms with Crippen molar-refractivity contribution in [2.24, 2.45) is 0 Å². The molecule has 0 radical (unpaired) electrons. The molecule has 0 saturated heterocycles. The smallest absolute Gasteiger partial charge is 0.263 e. The summed E-state index contributed by atoms with van der Waals surface area (Å²) in [6.45, 7) is 4.15. The highest BCUT2D eigenvalue weighted by Gasteiger charge is 2.07. The predicted molar refractivity (Wildman–Crippen MR) is 85.9 cm³/mol. The lowest BCUT2D eigenvalue weighted by atomic mass is 10.1. The minimum atomic E-state index is -0.404. The molecule has 1 aromatic rings. The molecular formula is C17H22FN3O2. The zero-order chi connectivity index (χ0) is 16.9. The third-order valence-electron chi connectivity index (χ3n) is 3.04. The molecule has 0 heterocycles. The van der Waals surface area contributed by atoms with Crippen molar-refractivity contribution in [2.75, 3.05) is 26.3 Å². The van der Waals surface area contributed by atoms with Gasteiger partial charge in [0.15, 0.2) is 0 Å². The van der Waals surface area contributed by atoms with E-state index in [0.717, 1.165) is 5.56 Å². The second kappa shape index (κ2) is 11.2. The van der Waals surface area contributed by atoms with Crippen LogP contribution in [-0.2, 0) is 16.0 Å². The first-order chi connectivity index (χ1) is 11.2. The summed E-state index contributed by atoms with van der Waals surface area (Å²) in [5.41, 5.74) is 1.01. The second-order valence-electron chi connectivity index (χ2n) is 4.81. The summed E-state index contributed by atoms with van der Waals surface area (Å²) in [7, 11) is 0. The average molecular weight is 319 g/mol. The maximum atomic E-state index is 12.8. The number of nitriles is 1. The fourth-order valence-electron chi connectivity index (χ4n) is 1.81. The van der Waals surface area contributed by atoms with Gasteiger partial charge in [0.25, 0.3) is 5.91 Å². The number of nitrogens with one attached hydrogen (secondary N) is 2. The third kappa shape index (κ3) is 7.98. The largest absolute Gasteiger partial charge is 0.389 e. The number of rotatable bonds is 10. The Kier molecular flexibility index (Phi) is 9.10. The van der Waals surface area contributed by atoms with Crippen LogP contribution in [0, 0.1) is 17.1 Å². The Morgan fingerprint density at radius 3 is 2.74 bits per heavy atom. The van der Waals surface area contributed by atoms with Crippen LogP contribution in [0.25, 0.3) is 0 Å². The van der Waals surface area contributed by atoms with Gasteiger partial charge in [-0.05, 0) is 37.5 Å². The molecule has 0 spiro atoms. The normalized spacial score (nSPS) is 10.9. The highest BCUT2D eigenvalue weighted by atomic mass is 19.1. The van der Waals surface area contributed by atoms with E-state index in [0.29, 0.717) is 39.1 Å². The van der Waals surface area contributed by atoms with Crippen LogP contribution in [0.15, 0.2) is 36.0 Å². The van der Waals surface area contributed by atoms with Crippen molar-refractivity contribution >= 4 is 5.91 Å². The lowest BCUT2D eigenvalue weighted by Gasteiger charge is -2.05. The summed E-state index contributed by atoms with van der Waals surface area (Å²) < 4.78 is 17.9. The Morgan fingerprint density at radius 2 is 2.09 bits per heavy atom. The minimum absolute atomic E-state index is 0.0283. The van der Waals surface area contributed by atoms with Gasteiger partial charge in [-0.2, -0.15) is 5.26 Å². The molecule has 0 fully saturated rings. The number of halogens is 1. The molecule has 23 heavy (non-hydrogen) atoms. The van der Waals surface area contributed by atoms with E-state index in [1.807, 2.05) is 13.0 Å². The molecule has 0 bridgehead atoms.